The van der Waals surface area contributed by atoms with Crippen molar-refractivity contribution in [1.29, 1.82) is 0 Å². The predicted molar refractivity (Wildman–Crippen MR) is 109 cm³/mol. The van der Waals surface area contributed by atoms with Gasteiger partial charge in [-0.2, -0.15) is 10.2 Å². The zero-order valence-electron chi connectivity index (χ0n) is 17.0. The molecule has 0 fully saturated rings. The van der Waals surface area contributed by atoms with Crippen molar-refractivity contribution in [3.63, 3.8) is 0 Å². The molecule has 0 aliphatic carbocycles. The van der Waals surface area contributed by atoms with Gasteiger partial charge in [-0.1, -0.05) is 18.2 Å². The molecule has 2 heterocycles. The summed E-state index contributed by atoms with van der Waals surface area (Å²) in [6.45, 7) is 1.61. The summed E-state index contributed by atoms with van der Waals surface area (Å²) in [6, 6.07) is 9.85. The summed E-state index contributed by atoms with van der Waals surface area (Å²) < 4.78 is 36.3. The van der Waals surface area contributed by atoms with E-state index in [-0.39, 0.29) is 12.1 Å². The lowest BCUT2D eigenvalue weighted by atomic mass is 9.86. The highest BCUT2D eigenvalue weighted by Gasteiger charge is 2.40. The highest BCUT2D eigenvalue weighted by Crippen LogP contribution is 2.37. The first-order valence-electron chi connectivity index (χ1n) is 9.59. The van der Waals surface area contributed by atoms with Crippen LogP contribution in [0.5, 0.6) is 5.75 Å². The summed E-state index contributed by atoms with van der Waals surface area (Å²) in [4.78, 5) is 3.88. The number of nitrogens with zero attached hydrogens (tertiary/aromatic N) is 5. The molecule has 31 heavy (non-hydrogen) atoms. The van der Waals surface area contributed by atoms with Gasteiger partial charge in [-0.25, -0.2) is 18.4 Å². The van der Waals surface area contributed by atoms with Crippen molar-refractivity contribution >= 4 is 0 Å². The zero-order valence-corrected chi connectivity index (χ0v) is 17.0. The average Bonchev–Trinajstić information content (AvgIpc) is 3.45. The Kier molecular flexibility index (Phi) is 5.51. The van der Waals surface area contributed by atoms with Crippen LogP contribution in [0.2, 0.25) is 0 Å². The summed E-state index contributed by atoms with van der Waals surface area (Å²) in [5.41, 5.74) is -0.114. The van der Waals surface area contributed by atoms with Crippen molar-refractivity contribution in [2.75, 3.05) is 7.11 Å². The van der Waals surface area contributed by atoms with E-state index in [4.69, 9.17) is 4.74 Å². The minimum absolute atomic E-state index is 0.0570. The van der Waals surface area contributed by atoms with Crippen LogP contribution in [-0.2, 0) is 12.1 Å². The lowest BCUT2D eigenvalue weighted by Crippen LogP contribution is -2.40. The first-order valence-corrected chi connectivity index (χ1v) is 9.59. The van der Waals surface area contributed by atoms with E-state index in [1.54, 1.807) is 31.1 Å². The van der Waals surface area contributed by atoms with Crippen LogP contribution in [0.25, 0.3) is 11.1 Å². The summed E-state index contributed by atoms with van der Waals surface area (Å²) in [6.07, 6.45) is 6.17. The van der Waals surface area contributed by atoms with Gasteiger partial charge in [0, 0.05) is 23.4 Å². The van der Waals surface area contributed by atoms with Gasteiger partial charge in [0.15, 0.2) is 0 Å². The van der Waals surface area contributed by atoms with E-state index < -0.39 is 23.3 Å². The van der Waals surface area contributed by atoms with Crippen LogP contribution in [0, 0.1) is 11.6 Å². The lowest BCUT2D eigenvalue weighted by molar-refractivity contribution is -0.0368. The minimum atomic E-state index is -1.78. The normalized spacial score (nSPS) is 14.2. The Morgan fingerprint density at radius 3 is 2.52 bits per heavy atom. The van der Waals surface area contributed by atoms with Crippen LogP contribution >= 0.6 is 0 Å². The number of halogens is 2. The van der Waals surface area contributed by atoms with E-state index in [0.717, 1.165) is 29.0 Å². The number of rotatable bonds is 7. The maximum absolute atomic E-state index is 14.7. The molecule has 4 rings (SSSR count). The van der Waals surface area contributed by atoms with Crippen molar-refractivity contribution in [2.24, 2.45) is 0 Å². The van der Waals surface area contributed by atoms with Gasteiger partial charge in [0.1, 0.15) is 35.6 Å². The topological polar surface area (TPSA) is 78.0 Å². The SMILES string of the molecule is COc1ccc(-c2cnn([C@H](C)[C@](O)(Cn3cncn3)c3ccc(F)cc3F)c2)cc1. The third-order valence-electron chi connectivity index (χ3n) is 5.38. The van der Waals surface area contributed by atoms with E-state index in [1.807, 2.05) is 24.3 Å². The number of aromatic nitrogens is 5. The molecule has 7 nitrogen and oxygen atoms in total. The predicted octanol–water partition coefficient (Wildman–Crippen LogP) is 3.58. The number of methoxy groups -OCH3 is 1. The Morgan fingerprint density at radius 2 is 1.87 bits per heavy atom. The fourth-order valence-corrected chi connectivity index (χ4v) is 3.55. The monoisotopic (exact) mass is 425 g/mol. The maximum atomic E-state index is 14.7. The van der Waals surface area contributed by atoms with Crippen LogP contribution < -0.4 is 4.74 Å². The van der Waals surface area contributed by atoms with E-state index in [0.29, 0.717) is 0 Å². The summed E-state index contributed by atoms with van der Waals surface area (Å²) in [7, 11) is 1.60. The molecular formula is C22H21F2N5O2. The molecule has 0 spiro atoms. The molecule has 0 bridgehead atoms. The zero-order chi connectivity index (χ0) is 22.0. The Bertz CT molecular complexity index is 1160. The molecule has 2 aromatic carbocycles. The summed E-state index contributed by atoms with van der Waals surface area (Å²) in [5.74, 6) is -0.839. The van der Waals surface area contributed by atoms with Crippen molar-refractivity contribution < 1.29 is 18.6 Å². The molecule has 2 aromatic heterocycles. The van der Waals surface area contributed by atoms with Gasteiger partial charge < -0.3 is 9.84 Å². The highest BCUT2D eigenvalue weighted by atomic mass is 19.1. The third-order valence-corrected chi connectivity index (χ3v) is 5.38. The molecule has 4 aromatic rings. The Balaban J connectivity index is 1.72. The Hall–Kier alpha value is -3.59. The quantitative estimate of drug-likeness (QED) is 0.490. The van der Waals surface area contributed by atoms with Crippen molar-refractivity contribution in [3.05, 3.63) is 84.7 Å². The molecule has 1 N–H and O–H groups in total. The molecular weight excluding hydrogens is 404 g/mol. The smallest absolute Gasteiger partial charge is 0.137 e. The fourth-order valence-electron chi connectivity index (χ4n) is 3.55. The highest BCUT2D eigenvalue weighted by molar-refractivity contribution is 5.62. The number of hydrogen-bond acceptors (Lipinski definition) is 5. The second-order valence-corrected chi connectivity index (χ2v) is 7.25. The molecule has 9 heteroatoms. The van der Waals surface area contributed by atoms with Crippen LogP contribution in [-0.4, -0.2) is 36.8 Å². The third kappa shape index (κ3) is 4.04. The number of ether oxygens (including phenoxy) is 1. The molecule has 0 saturated carbocycles. The van der Waals surface area contributed by atoms with E-state index in [1.165, 1.54) is 23.4 Å². The van der Waals surface area contributed by atoms with Crippen molar-refractivity contribution in [2.45, 2.75) is 25.1 Å². The van der Waals surface area contributed by atoms with Crippen molar-refractivity contribution in [3.8, 4) is 16.9 Å². The molecule has 0 unspecified atom stereocenters. The second-order valence-electron chi connectivity index (χ2n) is 7.25. The van der Waals surface area contributed by atoms with Crippen LogP contribution in [0.15, 0.2) is 67.5 Å². The fraction of sp³-hybridized carbons (Fsp3) is 0.227. The molecule has 2 atom stereocenters. The number of hydrogen-bond donors (Lipinski definition) is 1. The van der Waals surface area contributed by atoms with Gasteiger partial charge in [0.05, 0.1) is 25.9 Å². The van der Waals surface area contributed by atoms with Crippen LogP contribution in [0.4, 0.5) is 8.78 Å². The first kappa shape index (κ1) is 20.7. The summed E-state index contributed by atoms with van der Waals surface area (Å²) in [5, 5.41) is 20.1. The van der Waals surface area contributed by atoms with Crippen molar-refractivity contribution in [1.82, 2.24) is 24.5 Å². The van der Waals surface area contributed by atoms with Gasteiger partial charge >= 0.3 is 0 Å². The van der Waals surface area contributed by atoms with E-state index in [2.05, 4.69) is 15.2 Å². The number of aliphatic hydroxyl groups is 1. The van der Waals surface area contributed by atoms with E-state index in [9.17, 15) is 13.9 Å². The maximum Gasteiger partial charge on any atom is 0.137 e. The largest absolute Gasteiger partial charge is 0.497 e. The molecule has 0 aliphatic heterocycles. The van der Waals surface area contributed by atoms with Crippen LogP contribution in [0.3, 0.4) is 0 Å². The molecule has 0 amide bonds. The Morgan fingerprint density at radius 1 is 1.10 bits per heavy atom. The molecule has 0 aliphatic rings. The van der Waals surface area contributed by atoms with Gasteiger partial charge in [-0.15, -0.1) is 0 Å². The second kappa shape index (κ2) is 8.27. The molecule has 0 radical (unpaired) electrons. The Labute approximate surface area is 177 Å². The van der Waals surface area contributed by atoms with Gasteiger partial charge in [0.25, 0.3) is 0 Å². The van der Waals surface area contributed by atoms with Gasteiger partial charge in [-0.05, 0) is 30.7 Å². The van der Waals surface area contributed by atoms with Crippen LogP contribution in [0.1, 0.15) is 18.5 Å². The first-order chi connectivity index (χ1) is 14.9. The average molecular weight is 425 g/mol. The summed E-state index contributed by atoms with van der Waals surface area (Å²) >= 11 is 0. The molecule has 160 valence electrons. The lowest BCUT2D eigenvalue weighted by Gasteiger charge is -2.34. The number of benzene rings is 2. The molecule has 0 saturated heterocycles. The minimum Gasteiger partial charge on any atom is -0.497 e. The van der Waals surface area contributed by atoms with E-state index >= 15 is 0 Å². The van der Waals surface area contributed by atoms with Gasteiger partial charge in [0.2, 0.25) is 0 Å². The van der Waals surface area contributed by atoms with Gasteiger partial charge in [-0.3, -0.25) is 4.68 Å². The standard InChI is InChI=1S/C22H21F2N5O2/c1-15(29-11-17(10-26-29)16-3-6-19(31-2)7-4-16)22(30,12-28-14-25-13-27-28)20-8-5-18(23)9-21(20)24/h3-11,13-15,30H,12H2,1-2H3/t15-,22-/m1/s1.